The molecule has 1 aliphatic rings. The third-order valence-electron chi connectivity index (χ3n) is 1.76. The molecule has 0 aromatic carbocycles. The van der Waals surface area contributed by atoms with E-state index in [1.54, 1.807) is 10.3 Å². The summed E-state index contributed by atoms with van der Waals surface area (Å²) in [5.41, 5.74) is 0. The number of allylic oxidation sites excluding steroid dienone is 5. The van der Waals surface area contributed by atoms with Gasteiger partial charge in [0.25, 0.3) is 0 Å². The van der Waals surface area contributed by atoms with Crippen LogP contribution in [-0.2, 0) is 22.9 Å². The van der Waals surface area contributed by atoms with E-state index in [0.29, 0.717) is 5.88 Å². The van der Waals surface area contributed by atoms with Crippen molar-refractivity contribution in [2.75, 3.05) is 5.88 Å². The van der Waals surface area contributed by atoms with Gasteiger partial charge in [0.15, 0.2) is 0 Å². The van der Waals surface area contributed by atoms with Gasteiger partial charge in [0, 0.05) is 5.88 Å². The van der Waals surface area contributed by atoms with Crippen molar-refractivity contribution in [3.63, 3.8) is 0 Å². The fraction of sp³-hybridized carbons (Fsp3) is 0.500. The van der Waals surface area contributed by atoms with E-state index < -0.39 is 0 Å². The Hall–Kier alpha value is 0.380. The Balaban J connectivity index is 0.000000364. The fourth-order valence-corrected chi connectivity index (χ4v) is 5.77. The maximum atomic E-state index is 5.07. The standard InChI is InChI=1S/C5H5.C4H9.C3H5Cl.Hf/c1-2-4-5-3-1;1-3-4-2;1-2-3-4;/h1-3H,4H2;1,3-4H2,2H3;2H,1,3H2;. The van der Waals surface area contributed by atoms with Crippen molar-refractivity contribution in [3.8, 4) is 0 Å². The Morgan fingerprint density at radius 3 is 2.79 bits per heavy atom. The molecule has 2 heteroatoms. The Morgan fingerprint density at radius 1 is 1.64 bits per heavy atom. The van der Waals surface area contributed by atoms with Gasteiger partial charge in [-0.3, -0.25) is 0 Å². The molecule has 0 atom stereocenters. The second-order valence-electron chi connectivity index (χ2n) is 3.05. The van der Waals surface area contributed by atoms with Crippen LogP contribution in [0, 0.1) is 0 Å². The zero-order valence-electron chi connectivity index (χ0n) is 8.93. The molecule has 0 saturated heterocycles. The number of hydrogen-bond donors (Lipinski definition) is 0. The normalized spacial score (nSPS) is 12.9. The van der Waals surface area contributed by atoms with E-state index in [1.165, 1.54) is 19.3 Å². The minimum atomic E-state index is -0.283. The first kappa shape index (κ1) is 14.4. The van der Waals surface area contributed by atoms with Gasteiger partial charge in [-0.05, 0) is 0 Å². The first-order valence-corrected chi connectivity index (χ1v) is 9.98. The van der Waals surface area contributed by atoms with E-state index in [1.807, 2.05) is 3.33 Å². The van der Waals surface area contributed by atoms with Crippen LogP contribution in [-0.4, -0.2) is 5.88 Å². The summed E-state index contributed by atoms with van der Waals surface area (Å²) in [6.07, 6.45) is 12.6. The van der Waals surface area contributed by atoms with Crippen LogP contribution in [0.5, 0.6) is 0 Å². The molecule has 0 radical (unpaired) electrons. The maximum absolute atomic E-state index is 5.07. The molecule has 0 aromatic rings. The predicted octanol–water partition coefficient (Wildman–Crippen LogP) is 4.54. The third-order valence-corrected chi connectivity index (χ3v) is 7.11. The summed E-state index contributed by atoms with van der Waals surface area (Å²) in [5.74, 6) is 0.556. The molecule has 0 aromatic heterocycles. The predicted molar refractivity (Wildman–Crippen MR) is 62.5 cm³/mol. The Morgan fingerprint density at radius 2 is 2.36 bits per heavy atom. The van der Waals surface area contributed by atoms with Crippen LogP contribution in [0.2, 0.25) is 4.18 Å². The van der Waals surface area contributed by atoms with Crippen LogP contribution in [0.15, 0.2) is 34.2 Å². The molecule has 0 aliphatic heterocycles. The average Bonchev–Trinajstić information content (AvgIpc) is 2.72. The molecule has 0 N–H and O–H groups in total. The average molecular weight is 377 g/mol. The molecule has 0 fully saturated rings. The molecule has 1 aliphatic carbocycles. The molecule has 0 bridgehead atoms. The van der Waals surface area contributed by atoms with Gasteiger partial charge in [-0.25, -0.2) is 0 Å². The van der Waals surface area contributed by atoms with E-state index >= 15 is 0 Å². The van der Waals surface area contributed by atoms with Crippen molar-refractivity contribution in [2.45, 2.75) is 30.4 Å². The molecule has 0 unspecified atom stereocenters. The molecule has 0 nitrogen and oxygen atoms in total. The molecule has 78 valence electrons. The van der Waals surface area contributed by atoms with Gasteiger partial charge in [0.05, 0.1) is 0 Å². The second kappa shape index (κ2) is 11.5. The molecular formula is C12H19ClHf. The van der Waals surface area contributed by atoms with Crippen LogP contribution < -0.4 is 0 Å². The molecule has 1 rings (SSSR count). The first-order chi connectivity index (χ1) is 6.85. The number of rotatable bonds is 5. The monoisotopic (exact) mass is 378 g/mol. The van der Waals surface area contributed by atoms with Gasteiger partial charge >= 0.3 is 74.8 Å². The van der Waals surface area contributed by atoms with Crippen molar-refractivity contribution in [2.24, 2.45) is 0 Å². The molecular weight excluding hydrogens is 358 g/mol. The van der Waals surface area contributed by atoms with E-state index in [-0.39, 0.29) is 22.9 Å². The quantitative estimate of drug-likeness (QED) is 0.286. The van der Waals surface area contributed by atoms with E-state index in [9.17, 15) is 0 Å². The Kier molecular flexibility index (Phi) is 11.8. The van der Waals surface area contributed by atoms with Crippen LogP contribution in [0.4, 0.5) is 0 Å². The summed E-state index contributed by atoms with van der Waals surface area (Å²) >= 11 is 4.79. The van der Waals surface area contributed by atoms with Crippen LogP contribution in [0.1, 0.15) is 26.2 Å². The second-order valence-corrected chi connectivity index (χ2v) is 8.73. The van der Waals surface area contributed by atoms with Gasteiger partial charge in [-0.2, -0.15) is 0 Å². The van der Waals surface area contributed by atoms with E-state index in [2.05, 4.69) is 31.7 Å². The molecule has 0 amide bonds. The van der Waals surface area contributed by atoms with Crippen molar-refractivity contribution in [3.05, 3.63) is 34.2 Å². The number of hydrogen-bond acceptors (Lipinski definition) is 0. The van der Waals surface area contributed by atoms with Crippen molar-refractivity contribution in [1.29, 1.82) is 0 Å². The number of halogens is 1. The van der Waals surface area contributed by atoms with Crippen molar-refractivity contribution in [1.82, 2.24) is 0 Å². The van der Waals surface area contributed by atoms with E-state index in [4.69, 9.17) is 11.6 Å². The Bertz CT molecular complexity index is 194. The number of alkyl halides is 1. The fourth-order valence-electron chi connectivity index (χ4n) is 1.00. The van der Waals surface area contributed by atoms with Gasteiger partial charge in [-0.15, -0.1) is 18.2 Å². The van der Waals surface area contributed by atoms with Crippen LogP contribution in [0.3, 0.4) is 0 Å². The van der Waals surface area contributed by atoms with Crippen molar-refractivity contribution >= 4 is 11.6 Å². The molecule has 14 heavy (non-hydrogen) atoms. The third kappa shape index (κ3) is 8.96. The van der Waals surface area contributed by atoms with Crippen LogP contribution in [0.25, 0.3) is 0 Å². The minimum absolute atomic E-state index is 0.283. The van der Waals surface area contributed by atoms with Gasteiger partial charge < -0.3 is 0 Å². The first-order valence-electron chi connectivity index (χ1n) is 5.11. The van der Waals surface area contributed by atoms with Gasteiger partial charge in [0.2, 0.25) is 0 Å². The van der Waals surface area contributed by atoms with E-state index in [0.717, 1.165) is 0 Å². The van der Waals surface area contributed by atoms with Crippen LogP contribution >= 0.6 is 11.6 Å². The zero-order valence-corrected chi connectivity index (χ0v) is 13.3. The van der Waals surface area contributed by atoms with Gasteiger partial charge in [-0.1, -0.05) is 6.08 Å². The van der Waals surface area contributed by atoms with Crippen molar-refractivity contribution < 1.29 is 22.9 Å². The zero-order chi connectivity index (χ0) is 10.6. The summed E-state index contributed by atoms with van der Waals surface area (Å²) in [4.78, 5) is 0. The SMILES string of the molecule is C=CCCl.CCC[CH2][Hf][C]1=CC=CC1. The molecule has 0 spiro atoms. The summed E-state index contributed by atoms with van der Waals surface area (Å²) in [5, 5.41) is 0. The summed E-state index contributed by atoms with van der Waals surface area (Å²) < 4.78 is 3.39. The molecule has 0 heterocycles. The topological polar surface area (TPSA) is 0 Å². The summed E-state index contributed by atoms with van der Waals surface area (Å²) in [6.45, 7) is 5.63. The summed E-state index contributed by atoms with van der Waals surface area (Å²) in [6, 6.07) is 0. The summed E-state index contributed by atoms with van der Waals surface area (Å²) in [7, 11) is 0. The Labute approximate surface area is 104 Å². The number of unbranched alkanes of at least 4 members (excludes halogenated alkanes) is 1. The van der Waals surface area contributed by atoms with Gasteiger partial charge in [0.1, 0.15) is 0 Å². The molecule has 0 saturated carbocycles.